The van der Waals surface area contributed by atoms with E-state index in [2.05, 4.69) is 20.7 Å². The lowest BCUT2D eigenvalue weighted by Gasteiger charge is -2.05. The third-order valence-corrected chi connectivity index (χ3v) is 3.80. The van der Waals surface area contributed by atoms with Gasteiger partial charge >= 0.3 is 0 Å². The van der Waals surface area contributed by atoms with Gasteiger partial charge in [-0.3, -0.25) is 0 Å². The number of benzene rings is 1. The van der Waals surface area contributed by atoms with Gasteiger partial charge in [-0.2, -0.15) is 0 Å². The Morgan fingerprint density at radius 3 is 2.40 bits per heavy atom. The van der Waals surface area contributed by atoms with Crippen molar-refractivity contribution in [2.45, 2.75) is 11.3 Å². The molecular weight excluding hydrogens is 280 g/mol. The molecule has 0 saturated heterocycles. The first-order chi connectivity index (χ1) is 7.06. The van der Waals surface area contributed by atoms with Crippen LogP contribution >= 0.6 is 15.9 Å². The van der Waals surface area contributed by atoms with E-state index in [9.17, 15) is 8.42 Å². The molecule has 0 aliphatic rings. The van der Waals surface area contributed by atoms with Crippen molar-refractivity contribution in [3.8, 4) is 0 Å². The summed E-state index contributed by atoms with van der Waals surface area (Å²) >= 11 is 3.24. The Bertz CT molecular complexity index is 403. The molecule has 0 unspecified atom stereocenters. The summed E-state index contributed by atoms with van der Waals surface area (Å²) < 4.78 is 26.6. The SMILES string of the molecule is NCCCNS(=O)(=O)c1ccc(Br)cc1. The minimum absolute atomic E-state index is 0.266. The third-order valence-electron chi connectivity index (χ3n) is 1.80. The van der Waals surface area contributed by atoms with Crippen LogP contribution in [0.3, 0.4) is 0 Å². The van der Waals surface area contributed by atoms with Gasteiger partial charge in [0.05, 0.1) is 4.90 Å². The van der Waals surface area contributed by atoms with Gasteiger partial charge in [-0.15, -0.1) is 0 Å². The smallest absolute Gasteiger partial charge is 0.240 e. The fourth-order valence-electron chi connectivity index (χ4n) is 1.01. The molecule has 3 N–H and O–H groups in total. The molecule has 84 valence electrons. The predicted octanol–water partition coefficient (Wildman–Crippen LogP) is 1.08. The van der Waals surface area contributed by atoms with Crippen LogP contribution in [0.25, 0.3) is 0 Å². The van der Waals surface area contributed by atoms with Crippen molar-refractivity contribution in [1.29, 1.82) is 0 Å². The van der Waals surface area contributed by atoms with Crippen LogP contribution < -0.4 is 10.5 Å². The van der Waals surface area contributed by atoms with Crippen molar-refractivity contribution in [2.75, 3.05) is 13.1 Å². The highest BCUT2D eigenvalue weighted by Crippen LogP contribution is 2.14. The molecular formula is C9H13BrN2O2S. The van der Waals surface area contributed by atoms with Crippen LogP contribution in [0.4, 0.5) is 0 Å². The standard InChI is InChI=1S/C9H13BrN2O2S/c10-8-2-4-9(5-3-8)15(13,14)12-7-1-6-11/h2-5,12H,1,6-7,11H2. The third kappa shape index (κ3) is 3.90. The molecule has 0 spiro atoms. The average molecular weight is 293 g/mol. The Kier molecular flexibility index (Phi) is 4.72. The monoisotopic (exact) mass is 292 g/mol. The minimum atomic E-state index is -3.38. The van der Waals surface area contributed by atoms with Crippen LogP contribution in [-0.2, 0) is 10.0 Å². The second kappa shape index (κ2) is 5.60. The zero-order valence-corrected chi connectivity index (χ0v) is 10.5. The topological polar surface area (TPSA) is 72.2 Å². The van der Waals surface area contributed by atoms with Gasteiger partial charge in [-0.1, -0.05) is 15.9 Å². The van der Waals surface area contributed by atoms with E-state index in [0.29, 0.717) is 19.5 Å². The second-order valence-electron chi connectivity index (χ2n) is 2.99. The summed E-state index contributed by atoms with van der Waals surface area (Å²) in [6.45, 7) is 0.845. The van der Waals surface area contributed by atoms with E-state index in [0.717, 1.165) is 4.47 Å². The summed E-state index contributed by atoms with van der Waals surface area (Å²) in [4.78, 5) is 0.266. The molecule has 15 heavy (non-hydrogen) atoms. The number of nitrogens with two attached hydrogens (primary N) is 1. The molecule has 0 atom stereocenters. The number of nitrogens with one attached hydrogen (secondary N) is 1. The first kappa shape index (κ1) is 12.6. The highest BCUT2D eigenvalue weighted by molar-refractivity contribution is 9.10. The number of halogens is 1. The van der Waals surface area contributed by atoms with Crippen LogP contribution in [0.1, 0.15) is 6.42 Å². The molecule has 0 saturated carbocycles. The maximum atomic E-state index is 11.7. The highest BCUT2D eigenvalue weighted by atomic mass is 79.9. The number of rotatable bonds is 5. The van der Waals surface area contributed by atoms with E-state index in [1.807, 2.05) is 0 Å². The first-order valence-corrected chi connectivity index (χ1v) is 6.79. The summed E-state index contributed by atoms with van der Waals surface area (Å²) in [5.74, 6) is 0. The van der Waals surface area contributed by atoms with Gasteiger partial charge in [0.2, 0.25) is 10.0 Å². The average Bonchev–Trinajstić information content (AvgIpc) is 2.18. The minimum Gasteiger partial charge on any atom is -0.330 e. The van der Waals surface area contributed by atoms with E-state index in [4.69, 9.17) is 5.73 Å². The molecule has 0 amide bonds. The molecule has 0 radical (unpaired) electrons. The van der Waals surface area contributed by atoms with Crippen LogP contribution in [-0.4, -0.2) is 21.5 Å². The van der Waals surface area contributed by atoms with Crippen LogP contribution in [0, 0.1) is 0 Å². The van der Waals surface area contributed by atoms with Crippen molar-refractivity contribution in [3.05, 3.63) is 28.7 Å². The van der Waals surface area contributed by atoms with Gasteiger partial charge in [-0.25, -0.2) is 13.1 Å². The summed E-state index contributed by atoms with van der Waals surface area (Å²) in [5.41, 5.74) is 5.28. The summed E-state index contributed by atoms with van der Waals surface area (Å²) in [5, 5.41) is 0. The number of sulfonamides is 1. The molecule has 0 fully saturated rings. The molecule has 0 bridgehead atoms. The van der Waals surface area contributed by atoms with Crippen molar-refractivity contribution < 1.29 is 8.42 Å². The van der Waals surface area contributed by atoms with Crippen molar-refractivity contribution in [3.63, 3.8) is 0 Å². The zero-order valence-electron chi connectivity index (χ0n) is 8.11. The molecule has 0 aliphatic heterocycles. The fraction of sp³-hybridized carbons (Fsp3) is 0.333. The van der Waals surface area contributed by atoms with Gasteiger partial charge in [0.15, 0.2) is 0 Å². The van der Waals surface area contributed by atoms with Gasteiger partial charge in [0.25, 0.3) is 0 Å². The van der Waals surface area contributed by atoms with Gasteiger partial charge < -0.3 is 5.73 Å². The molecule has 1 rings (SSSR count). The number of hydrogen-bond acceptors (Lipinski definition) is 3. The van der Waals surface area contributed by atoms with E-state index in [-0.39, 0.29) is 4.90 Å². The van der Waals surface area contributed by atoms with Crippen LogP contribution in [0.15, 0.2) is 33.6 Å². The maximum absolute atomic E-state index is 11.7. The summed E-state index contributed by atoms with van der Waals surface area (Å²) in [6.07, 6.45) is 0.635. The molecule has 0 heterocycles. The Hall–Kier alpha value is -0.430. The van der Waals surface area contributed by atoms with Crippen molar-refractivity contribution in [1.82, 2.24) is 4.72 Å². The molecule has 6 heteroatoms. The Morgan fingerprint density at radius 2 is 1.87 bits per heavy atom. The van der Waals surface area contributed by atoms with Gasteiger partial charge in [0.1, 0.15) is 0 Å². The Labute approximate surface area is 98.0 Å². The fourth-order valence-corrected chi connectivity index (χ4v) is 2.34. The van der Waals surface area contributed by atoms with E-state index in [1.54, 1.807) is 24.3 Å². The van der Waals surface area contributed by atoms with Crippen molar-refractivity contribution in [2.24, 2.45) is 5.73 Å². The molecule has 0 aliphatic carbocycles. The highest BCUT2D eigenvalue weighted by Gasteiger charge is 2.11. The van der Waals surface area contributed by atoms with Crippen LogP contribution in [0.5, 0.6) is 0 Å². The van der Waals surface area contributed by atoms with E-state index in [1.165, 1.54) is 0 Å². The molecule has 0 aromatic heterocycles. The lowest BCUT2D eigenvalue weighted by Crippen LogP contribution is -2.26. The Balaban J connectivity index is 2.73. The second-order valence-corrected chi connectivity index (χ2v) is 5.68. The summed E-state index contributed by atoms with van der Waals surface area (Å²) in [7, 11) is -3.38. The first-order valence-electron chi connectivity index (χ1n) is 4.51. The molecule has 1 aromatic carbocycles. The van der Waals surface area contributed by atoms with Gasteiger partial charge in [-0.05, 0) is 37.2 Å². The van der Waals surface area contributed by atoms with Crippen LogP contribution in [0.2, 0.25) is 0 Å². The number of hydrogen-bond donors (Lipinski definition) is 2. The zero-order chi connectivity index (χ0) is 11.3. The lowest BCUT2D eigenvalue weighted by molar-refractivity contribution is 0.579. The lowest BCUT2D eigenvalue weighted by atomic mass is 10.4. The predicted molar refractivity (Wildman–Crippen MR) is 63.0 cm³/mol. The Morgan fingerprint density at radius 1 is 1.27 bits per heavy atom. The van der Waals surface area contributed by atoms with Gasteiger partial charge in [0, 0.05) is 11.0 Å². The molecule has 4 nitrogen and oxygen atoms in total. The largest absolute Gasteiger partial charge is 0.330 e. The maximum Gasteiger partial charge on any atom is 0.240 e. The summed E-state index contributed by atoms with van der Waals surface area (Å²) in [6, 6.07) is 6.48. The molecule has 1 aromatic rings. The normalized spacial score (nSPS) is 11.6. The van der Waals surface area contributed by atoms with E-state index < -0.39 is 10.0 Å². The van der Waals surface area contributed by atoms with Crippen molar-refractivity contribution >= 4 is 26.0 Å². The quantitative estimate of drug-likeness (QED) is 0.798. The van der Waals surface area contributed by atoms with E-state index >= 15 is 0 Å².